The van der Waals surface area contributed by atoms with Gasteiger partial charge in [0.05, 0.1) is 23.2 Å². The molecule has 0 radical (unpaired) electrons. The minimum atomic E-state index is -0.755. The lowest BCUT2D eigenvalue weighted by Crippen LogP contribution is -2.27. The number of aliphatic hydroxyl groups excluding tert-OH is 1. The number of hydrogen-bond acceptors (Lipinski definition) is 4. The van der Waals surface area contributed by atoms with E-state index in [0.29, 0.717) is 6.54 Å². The number of hydrogen-bond donors (Lipinski definition) is 2. The molecule has 0 aliphatic rings. The number of benzene rings is 1. The first-order chi connectivity index (χ1) is 10.6. The summed E-state index contributed by atoms with van der Waals surface area (Å²) in [5.41, 5.74) is 1.91. The SMILES string of the molecule is CCc1nc(CCNC(=O)CC(O)c2ccccc2)sc1C. The van der Waals surface area contributed by atoms with Crippen molar-refractivity contribution in [1.29, 1.82) is 0 Å². The van der Waals surface area contributed by atoms with E-state index in [1.807, 2.05) is 30.3 Å². The highest BCUT2D eigenvalue weighted by Crippen LogP contribution is 2.18. The maximum absolute atomic E-state index is 11.9. The molecule has 1 atom stereocenters. The highest BCUT2D eigenvalue weighted by molar-refractivity contribution is 7.11. The smallest absolute Gasteiger partial charge is 0.222 e. The van der Waals surface area contributed by atoms with Crippen molar-refractivity contribution in [3.05, 3.63) is 51.5 Å². The third kappa shape index (κ3) is 4.64. The molecular formula is C17H22N2O2S. The number of aryl methyl sites for hydroxylation is 2. The lowest BCUT2D eigenvalue weighted by atomic mass is 10.1. The number of carbonyl (C=O) groups excluding carboxylic acids is 1. The van der Waals surface area contributed by atoms with Crippen LogP contribution < -0.4 is 5.32 Å². The Morgan fingerprint density at radius 2 is 2.09 bits per heavy atom. The van der Waals surface area contributed by atoms with E-state index in [1.165, 1.54) is 4.88 Å². The van der Waals surface area contributed by atoms with Crippen LogP contribution in [0.2, 0.25) is 0 Å². The average Bonchev–Trinajstić information content (AvgIpc) is 2.88. The van der Waals surface area contributed by atoms with Crippen LogP contribution in [0.5, 0.6) is 0 Å². The summed E-state index contributed by atoms with van der Waals surface area (Å²) in [5.74, 6) is -0.139. The van der Waals surface area contributed by atoms with Crippen LogP contribution in [0.4, 0.5) is 0 Å². The Labute approximate surface area is 135 Å². The molecule has 0 aliphatic carbocycles. The summed E-state index contributed by atoms with van der Waals surface area (Å²) in [5, 5.41) is 13.9. The first-order valence-corrected chi connectivity index (χ1v) is 8.36. The van der Waals surface area contributed by atoms with Gasteiger partial charge in [-0.05, 0) is 18.9 Å². The van der Waals surface area contributed by atoms with Crippen molar-refractivity contribution in [2.75, 3.05) is 6.54 Å². The summed E-state index contributed by atoms with van der Waals surface area (Å²) in [7, 11) is 0. The minimum Gasteiger partial charge on any atom is -0.388 e. The van der Waals surface area contributed by atoms with Crippen LogP contribution in [-0.4, -0.2) is 22.5 Å². The molecule has 0 fully saturated rings. The molecule has 22 heavy (non-hydrogen) atoms. The van der Waals surface area contributed by atoms with E-state index in [4.69, 9.17) is 0 Å². The van der Waals surface area contributed by atoms with Gasteiger partial charge >= 0.3 is 0 Å². The van der Waals surface area contributed by atoms with Gasteiger partial charge in [0.1, 0.15) is 0 Å². The molecule has 0 saturated carbocycles. The van der Waals surface area contributed by atoms with E-state index in [1.54, 1.807) is 11.3 Å². The van der Waals surface area contributed by atoms with Crippen LogP contribution in [0.25, 0.3) is 0 Å². The van der Waals surface area contributed by atoms with Crippen LogP contribution in [0.3, 0.4) is 0 Å². The molecule has 0 saturated heterocycles. The van der Waals surface area contributed by atoms with Crippen LogP contribution in [0, 0.1) is 6.92 Å². The standard InChI is InChI=1S/C17H22N2O2S/c1-3-14-12(2)22-17(19-14)9-10-18-16(21)11-15(20)13-7-5-4-6-8-13/h4-8,15,20H,3,9-11H2,1-2H3,(H,18,21). The molecule has 0 spiro atoms. The molecular weight excluding hydrogens is 296 g/mol. The lowest BCUT2D eigenvalue weighted by molar-refractivity contribution is -0.123. The Morgan fingerprint density at radius 3 is 2.73 bits per heavy atom. The molecule has 4 nitrogen and oxygen atoms in total. The number of aromatic nitrogens is 1. The molecule has 0 aliphatic heterocycles. The van der Waals surface area contributed by atoms with Gasteiger partial charge in [-0.15, -0.1) is 11.3 Å². The van der Waals surface area contributed by atoms with Gasteiger partial charge in [0.2, 0.25) is 5.91 Å². The third-order valence-corrected chi connectivity index (χ3v) is 4.57. The topological polar surface area (TPSA) is 62.2 Å². The monoisotopic (exact) mass is 318 g/mol. The van der Waals surface area contributed by atoms with E-state index < -0.39 is 6.10 Å². The Bertz CT molecular complexity index is 610. The Balaban J connectivity index is 1.75. The van der Waals surface area contributed by atoms with Gasteiger partial charge in [-0.1, -0.05) is 37.3 Å². The summed E-state index contributed by atoms with van der Waals surface area (Å²) in [6.45, 7) is 4.73. The highest BCUT2D eigenvalue weighted by atomic mass is 32.1. The van der Waals surface area contributed by atoms with Crippen molar-refractivity contribution in [2.24, 2.45) is 0 Å². The quantitative estimate of drug-likeness (QED) is 0.825. The number of carbonyl (C=O) groups is 1. The molecule has 0 bridgehead atoms. The van der Waals surface area contributed by atoms with Crippen LogP contribution in [0.1, 0.15) is 40.6 Å². The van der Waals surface area contributed by atoms with Gasteiger partial charge in [0.15, 0.2) is 0 Å². The normalized spacial score (nSPS) is 12.1. The van der Waals surface area contributed by atoms with Gasteiger partial charge in [-0.3, -0.25) is 4.79 Å². The summed E-state index contributed by atoms with van der Waals surface area (Å²) in [6.07, 6.45) is 1.01. The Hall–Kier alpha value is -1.72. The van der Waals surface area contributed by atoms with Crippen molar-refractivity contribution >= 4 is 17.2 Å². The molecule has 1 aromatic carbocycles. The van der Waals surface area contributed by atoms with E-state index in [0.717, 1.165) is 29.1 Å². The fourth-order valence-electron chi connectivity index (χ4n) is 2.27. The van der Waals surface area contributed by atoms with Crippen molar-refractivity contribution in [1.82, 2.24) is 10.3 Å². The zero-order chi connectivity index (χ0) is 15.9. The molecule has 118 valence electrons. The first-order valence-electron chi connectivity index (χ1n) is 7.55. The van der Waals surface area contributed by atoms with Crippen molar-refractivity contribution in [2.45, 2.75) is 39.2 Å². The van der Waals surface area contributed by atoms with E-state index >= 15 is 0 Å². The molecule has 2 aromatic rings. The Morgan fingerprint density at radius 1 is 1.36 bits per heavy atom. The maximum atomic E-state index is 11.9. The Kier molecular flexibility index (Phi) is 6.10. The fraction of sp³-hybridized carbons (Fsp3) is 0.412. The third-order valence-electron chi connectivity index (χ3n) is 3.50. The van der Waals surface area contributed by atoms with Gasteiger partial charge in [-0.2, -0.15) is 0 Å². The van der Waals surface area contributed by atoms with Gasteiger partial charge in [0.25, 0.3) is 0 Å². The number of rotatable bonds is 7. The molecule has 2 N–H and O–H groups in total. The average molecular weight is 318 g/mol. The molecule has 1 amide bonds. The van der Waals surface area contributed by atoms with Gasteiger partial charge in [-0.25, -0.2) is 4.98 Å². The van der Waals surface area contributed by atoms with Crippen molar-refractivity contribution in [3.8, 4) is 0 Å². The van der Waals surface area contributed by atoms with Crippen molar-refractivity contribution in [3.63, 3.8) is 0 Å². The van der Waals surface area contributed by atoms with Crippen LogP contribution in [0.15, 0.2) is 30.3 Å². The summed E-state index contributed by atoms with van der Waals surface area (Å²) in [6, 6.07) is 9.24. The van der Waals surface area contributed by atoms with Gasteiger partial charge in [0, 0.05) is 17.8 Å². The molecule has 1 heterocycles. The fourth-order valence-corrected chi connectivity index (χ4v) is 3.29. The van der Waals surface area contributed by atoms with E-state index in [2.05, 4.69) is 24.1 Å². The lowest BCUT2D eigenvalue weighted by Gasteiger charge is -2.10. The molecule has 5 heteroatoms. The second-order valence-corrected chi connectivity index (χ2v) is 6.48. The zero-order valence-corrected chi connectivity index (χ0v) is 13.8. The second kappa shape index (κ2) is 8.06. The first kappa shape index (κ1) is 16.6. The predicted molar refractivity (Wildman–Crippen MR) is 89.0 cm³/mol. The highest BCUT2D eigenvalue weighted by Gasteiger charge is 2.12. The minimum absolute atomic E-state index is 0.0844. The summed E-state index contributed by atoms with van der Waals surface area (Å²) >= 11 is 1.69. The number of nitrogens with zero attached hydrogens (tertiary/aromatic N) is 1. The zero-order valence-electron chi connectivity index (χ0n) is 13.0. The largest absolute Gasteiger partial charge is 0.388 e. The number of amides is 1. The van der Waals surface area contributed by atoms with Crippen LogP contribution >= 0.6 is 11.3 Å². The molecule has 2 rings (SSSR count). The number of thiazole rings is 1. The second-order valence-electron chi connectivity index (χ2n) is 5.19. The van der Waals surface area contributed by atoms with E-state index in [-0.39, 0.29) is 12.3 Å². The molecule has 1 aromatic heterocycles. The van der Waals surface area contributed by atoms with Crippen LogP contribution in [-0.2, 0) is 17.6 Å². The summed E-state index contributed by atoms with van der Waals surface area (Å²) in [4.78, 5) is 17.7. The van der Waals surface area contributed by atoms with E-state index in [9.17, 15) is 9.90 Å². The van der Waals surface area contributed by atoms with Gasteiger partial charge < -0.3 is 10.4 Å². The summed E-state index contributed by atoms with van der Waals surface area (Å²) < 4.78 is 0. The maximum Gasteiger partial charge on any atom is 0.222 e. The van der Waals surface area contributed by atoms with Crippen molar-refractivity contribution < 1.29 is 9.90 Å². The number of aliphatic hydroxyl groups is 1. The predicted octanol–water partition coefficient (Wildman–Crippen LogP) is 2.80. The molecule has 1 unspecified atom stereocenters. The number of nitrogens with one attached hydrogen (secondary N) is 1.